The zero-order chi connectivity index (χ0) is 44.9. The smallest absolute Gasteiger partial charge is 0.252 e. The first-order valence-corrected chi connectivity index (χ1v) is 24.7. The molecular weight excluding hydrogens is 771 g/mol. The molecule has 3 heterocycles. The molecule has 4 bridgehead atoms. The number of anilines is 6. The van der Waals surface area contributed by atoms with Crippen LogP contribution in [0.15, 0.2) is 109 Å². The van der Waals surface area contributed by atoms with E-state index in [1.54, 1.807) is 0 Å². The van der Waals surface area contributed by atoms with E-state index < -0.39 is 0 Å². The summed E-state index contributed by atoms with van der Waals surface area (Å²) in [6.07, 6.45) is 8.73. The van der Waals surface area contributed by atoms with Crippen LogP contribution in [0.5, 0.6) is 0 Å². The van der Waals surface area contributed by atoms with E-state index in [1.165, 1.54) is 133 Å². The fourth-order valence-corrected chi connectivity index (χ4v) is 12.5. The van der Waals surface area contributed by atoms with Gasteiger partial charge in [0.15, 0.2) is 0 Å². The molecule has 1 fully saturated rings. The normalized spacial score (nSPS) is 19.8. The highest BCUT2D eigenvalue weighted by Gasteiger charge is 2.49. The molecule has 11 rings (SSSR count). The number of hydrogen-bond acceptors (Lipinski definition) is 2. The van der Waals surface area contributed by atoms with Gasteiger partial charge in [-0.05, 0) is 163 Å². The van der Waals surface area contributed by atoms with Crippen molar-refractivity contribution in [1.29, 1.82) is 0 Å². The third-order valence-electron chi connectivity index (χ3n) is 16.6. The van der Waals surface area contributed by atoms with Gasteiger partial charge >= 0.3 is 0 Å². The molecule has 3 aliphatic heterocycles. The second-order valence-corrected chi connectivity index (χ2v) is 24.5. The van der Waals surface area contributed by atoms with Crippen molar-refractivity contribution in [2.75, 3.05) is 9.80 Å². The van der Waals surface area contributed by atoms with E-state index in [-0.39, 0.29) is 33.8 Å². The standard InChI is InChI=1S/C61H69BN2/c1-57(2,3)41-21-25-45(26-22-41)63-52-28-24-43(59(7,8)9)35-49(52)62-50-36-47-48-37-53(50)64(55-33-40(32-54(63)56(55)62)38-17-14-13-15-18-38)51-27-23-42(58(4,5)6)34-46(51)39-19-16-20-44(31-39)61(48,12)30-29-60(47,10)11/h16,19-28,31-38H,13-15,17-18,29-30H2,1-12H3. The van der Waals surface area contributed by atoms with Crippen LogP contribution in [0.25, 0.3) is 11.1 Å². The quantitative estimate of drug-likeness (QED) is 0.160. The van der Waals surface area contributed by atoms with Crippen molar-refractivity contribution in [3.63, 3.8) is 0 Å². The number of fused-ring (bicyclic) bond motifs is 10. The molecule has 0 spiro atoms. The van der Waals surface area contributed by atoms with Crippen molar-refractivity contribution in [2.45, 2.75) is 161 Å². The summed E-state index contributed by atoms with van der Waals surface area (Å²) in [5.41, 5.74) is 24.9. The second-order valence-electron chi connectivity index (χ2n) is 24.5. The molecule has 1 saturated carbocycles. The van der Waals surface area contributed by atoms with Crippen molar-refractivity contribution in [2.24, 2.45) is 0 Å². The summed E-state index contributed by atoms with van der Waals surface area (Å²) >= 11 is 0. The molecule has 5 aliphatic rings. The third kappa shape index (κ3) is 6.33. The molecular formula is C61H69BN2. The van der Waals surface area contributed by atoms with Crippen molar-refractivity contribution in [3.05, 3.63) is 148 Å². The zero-order valence-corrected chi connectivity index (χ0v) is 40.9. The first-order valence-electron chi connectivity index (χ1n) is 24.7. The van der Waals surface area contributed by atoms with Gasteiger partial charge < -0.3 is 9.80 Å². The third-order valence-corrected chi connectivity index (χ3v) is 16.6. The number of nitrogens with zero attached hydrogens (tertiary/aromatic N) is 2. The molecule has 64 heavy (non-hydrogen) atoms. The zero-order valence-electron chi connectivity index (χ0n) is 40.9. The molecule has 3 heteroatoms. The summed E-state index contributed by atoms with van der Waals surface area (Å²) in [6.45, 7) is 28.8. The fourth-order valence-electron chi connectivity index (χ4n) is 12.5. The number of benzene rings is 6. The van der Waals surface area contributed by atoms with Gasteiger partial charge in [-0.15, -0.1) is 0 Å². The van der Waals surface area contributed by atoms with Gasteiger partial charge in [0, 0.05) is 39.4 Å². The molecule has 0 saturated heterocycles. The minimum absolute atomic E-state index is 0.00118. The highest BCUT2D eigenvalue weighted by atomic mass is 15.2. The van der Waals surface area contributed by atoms with Gasteiger partial charge in [0.25, 0.3) is 6.71 Å². The van der Waals surface area contributed by atoms with Crippen LogP contribution in [-0.2, 0) is 27.1 Å². The van der Waals surface area contributed by atoms with Crippen LogP contribution in [-0.4, -0.2) is 6.71 Å². The van der Waals surface area contributed by atoms with Gasteiger partial charge in [-0.2, -0.15) is 0 Å². The molecule has 1 atom stereocenters. The molecule has 0 amide bonds. The molecule has 0 N–H and O–H groups in total. The summed E-state index contributed by atoms with van der Waals surface area (Å²) in [7, 11) is 0. The van der Waals surface area contributed by atoms with Gasteiger partial charge in [-0.3, -0.25) is 0 Å². The molecule has 326 valence electrons. The second kappa shape index (κ2) is 14.0. The molecule has 6 aromatic carbocycles. The Balaban J connectivity index is 1.30. The minimum atomic E-state index is -0.115. The van der Waals surface area contributed by atoms with Crippen LogP contribution in [0.1, 0.15) is 173 Å². The molecule has 0 radical (unpaired) electrons. The predicted molar refractivity (Wildman–Crippen MR) is 277 cm³/mol. The van der Waals surface area contributed by atoms with E-state index in [9.17, 15) is 0 Å². The van der Waals surface area contributed by atoms with Gasteiger partial charge in [0.2, 0.25) is 0 Å². The number of hydrogen-bond donors (Lipinski definition) is 0. The lowest BCUT2D eigenvalue weighted by Crippen LogP contribution is -2.62. The predicted octanol–water partition coefficient (Wildman–Crippen LogP) is 15.1. The lowest BCUT2D eigenvalue weighted by atomic mass is 9.32. The van der Waals surface area contributed by atoms with Crippen LogP contribution in [0.2, 0.25) is 0 Å². The summed E-state index contributed by atoms with van der Waals surface area (Å²) < 4.78 is 0. The largest absolute Gasteiger partial charge is 0.311 e. The summed E-state index contributed by atoms with van der Waals surface area (Å²) in [6, 6.07) is 45.0. The van der Waals surface area contributed by atoms with Crippen molar-refractivity contribution >= 4 is 57.2 Å². The minimum Gasteiger partial charge on any atom is -0.311 e. The van der Waals surface area contributed by atoms with Crippen LogP contribution < -0.4 is 26.2 Å². The Morgan fingerprint density at radius 2 is 1.12 bits per heavy atom. The van der Waals surface area contributed by atoms with E-state index >= 15 is 0 Å². The topological polar surface area (TPSA) is 6.48 Å². The van der Waals surface area contributed by atoms with Crippen molar-refractivity contribution in [1.82, 2.24) is 0 Å². The molecule has 2 aliphatic carbocycles. The molecule has 2 nitrogen and oxygen atoms in total. The van der Waals surface area contributed by atoms with Crippen LogP contribution >= 0.6 is 0 Å². The van der Waals surface area contributed by atoms with Crippen LogP contribution in [0.4, 0.5) is 34.1 Å². The maximum atomic E-state index is 2.76. The van der Waals surface area contributed by atoms with Gasteiger partial charge in [-0.25, -0.2) is 0 Å². The van der Waals surface area contributed by atoms with E-state index in [1.807, 2.05) is 0 Å². The van der Waals surface area contributed by atoms with E-state index in [0.717, 1.165) is 12.8 Å². The molecule has 0 aromatic heterocycles. The average Bonchev–Trinajstić information content (AvgIpc) is 3.26. The van der Waals surface area contributed by atoms with Gasteiger partial charge in [0.1, 0.15) is 0 Å². The van der Waals surface area contributed by atoms with Crippen molar-refractivity contribution < 1.29 is 0 Å². The maximum Gasteiger partial charge on any atom is 0.252 e. The maximum absolute atomic E-state index is 2.76. The molecule has 6 aromatic rings. The Hall–Kier alpha value is -5.02. The Morgan fingerprint density at radius 3 is 1.80 bits per heavy atom. The summed E-state index contributed by atoms with van der Waals surface area (Å²) in [5, 5.41) is 0. The Labute approximate surface area is 385 Å². The van der Waals surface area contributed by atoms with Gasteiger partial charge in [0.05, 0.1) is 5.69 Å². The van der Waals surface area contributed by atoms with E-state index in [2.05, 4.69) is 202 Å². The first-order chi connectivity index (χ1) is 30.2. The summed E-state index contributed by atoms with van der Waals surface area (Å²) in [5.74, 6) is 0.540. The highest BCUT2D eigenvalue weighted by molar-refractivity contribution is 7.00. The number of rotatable bonds is 2. The highest BCUT2D eigenvalue weighted by Crippen LogP contribution is 2.55. The average molecular weight is 841 g/mol. The Morgan fingerprint density at radius 1 is 0.516 bits per heavy atom. The van der Waals surface area contributed by atoms with Crippen LogP contribution in [0, 0.1) is 0 Å². The van der Waals surface area contributed by atoms with E-state index in [0.29, 0.717) is 5.92 Å². The fraction of sp³-hybridized carbons (Fsp3) is 0.410. The van der Waals surface area contributed by atoms with E-state index in [4.69, 9.17) is 0 Å². The first kappa shape index (κ1) is 41.7. The SMILES string of the molecule is CC(C)(C)c1ccc(N2c3ccc(C(C)(C)C)cc3B3c4cc5c6cc4N(c4ccc(C(C)(C)C)cc4-c4cccc(c4)C6(C)CCC5(C)C)c4cc(C5CCCCC5)cc2c43)cc1. The van der Waals surface area contributed by atoms with Crippen molar-refractivity contribution in [3.8, 4) is 11.1 Å². The Bertz CT molecular complexity index is 2870. The summed E-state index contributed by atoms with van der Waals surface area (Å²) in [4.78, 5) is 5.42. The van der Waals surface area contributed by atoms with Gasteiger partial charge in [-0.1, -0.05) is 163 Å². The lowest BCUT2D eigenvalue weighted by Gasteiger charge is -2.49. The Kier molecular flexibility index (Phi) is 9.11. The van der Waals surface area contributed by atoms with Crippen LogP contribution in [0.3, 0.4) is 0 Å². The lowest BCUT2D eigenvalue weighted by molar-refractivity contribution is 0.350. The molecule has 1 unspecified atom stereocenters. The monoisotopic (exact) mass is 841 g/mol.